The van der Waals surface area contributed by atoms with Gasteiger partial charge in [-0.2, -0.15) is 0 Å². The van der Waals surface area contributed by atoms with Crippen molar-refractivity contribution in [3.8, 4) is 0 Å². The molecule has 1 saturated heterocycles. The summed E-state index contributed by atoms with van der Waals surface area (Å²) in [7, 11) is 0. The predicted molar refractivity (Wildman–Crippen MR) is 111 cm³/mol. The van der Waals surface area contributed by atoms with Gasteiger partial charge in [0, 0.05) is 36.4 Å². The van der Waals surface area contributed by atoms with Gasteiger partial charge in [0.2, 0.25) is 0 Å². The number of aromatic nitrogens is 2. The van der Waals surface area contributed by atoms with Gasteiger partial charge in [-0.1, -0.05) is 42.4 Å². The number of halogens is 1. The zero-order valence-electron chi connectivity index (χ0n) is 15.5. The van der Waals surface area contributed by atoms with E-state index in [0.29, 0.717) is 0 Å². The van der Waals surface area contributed by atoms with Crippen LogP contribution in [0.1, 0.15) is 30.9 Å². The lowest BCUT2D eigenvalue weighted by Gasteiger charge is -2.33. The molecule has 0 amide bonds. The first-order chi connectivity index (χ1) is 12.7. The highest BCUT2D eigenvalue weighted by atomic mass is 35.5. The van der Waals surface area contributed by atoms with Crippen molar-refractivity contribution in [1.82, 2.24) is 15.3 Å². The molecule has 1 aliphatic heterocycles. The van der Waals surface area contributed by atoms with Gasteiger partial charge in [-0.05, 0) is 55.7 Å². The molecule has 4 nitrogen and oxygen atoms in total. The lowest BCUT2D eigenvalue weighted by atomic mass is 10.00. The molecular weight excluding hydrogens is 364 g/mol. The van der Waals surface area contributed by atoms with E-state index in [1.165, 1.54) is 24.0 Å². The van der Waals surface area contributed by atoms with E-state index in [1.807, 2.05) is 30.7 Å². The maximum Gasteiger partial charge on any atom is 0.189 e. The van der Waals surface area contributed by atoms with Gasteiger partial charge in [0.15, 0.2) is 5.16 Å². The molecule has 1 atom stereocenters. The summed E-state index contributed by atoms with van der Waals surface area (Å²) in [4.78, 5) is 11.7. The van der Waals surface area contributed by atoms with E-state index in [0.717, 1.165) is 54.5 Å². The minimum atomic E-state index is 0.722. The van der Waals surface area contributed by atoms with Crippen molar-refractivity contribution in [1.29, 1.82) is 0 Å². The molecule has 26 heavy (non-hydrogen) atoms. The molecule has 3 rings (SSSR count). The molecule has 0 aliphatic carbocycles. The maximum absolute atomic E-state index is 6.06. The van der Waals surface area contributed by atoms with E-state index in [2.05, 4.69) is 28.2 Å². The van der Waals surface area contributed by atoms with Crippen LogP contribution >= 0.6 is 23.4 Å². The molecule has 1 N–H and O–H groups in total. The van der Waals surface area contributed by atoms with E-state index < -0.39 is 0 Å². The smallest absolute Gasteiger partial charge is 0.189 e. The average Bonchev–Trinajstić information content (AvgIpc) is 2.65. The van der Waals surface area contributed by atoms with Crippen LogP contribution in [0.2, 0.25) is 5.02 Å². The SMILES string of the molecule is CSc1ncc(CNCCc2cccc(Cl)c2)c(N2CCCC(C)C2)n1. The first kappa shape index (κ1) is 19.5. The molecule has 1 aliphatic rings. The van der Waals surface area contributed by atoms with Crippen molar-refractivity contribution < 1.29 is 0 Å². The lowest BCUT2D eigenvalue weighted by Crippen LogP contribution is -2.36. The second-order valence-electron chi connectivity index (χ2n) is 6.96. The second-order valence-corrected chi connectivity index (χ2v) is 8.17. The highest BCUT2D eigenvalue weighted by molar-refractivity contribution is 7.98. The van der Waals surface area contributed by atoms with Gasteiger partial charge in [0.05, 0.1) is 0 Å². The second kappa shape index (κ2) is 9.58. The summed E-state index contributed by atoms with van der Waals surface area (Å²) in [6.45, 7) is 6.19. The average molecular weight is 391 g/mol. The summed E-state index contributed by atoms with van der Waals surface area (Å²) in [5, 5.41) is 5.19. The molecule has 0 saturated carbocycles. The molecule has 140 valence electrons. The third-order valence-electron chi connectivity index (χ3n) is 4.75. The van der Waals surface area contributed by atoms with Crippen molar-refractivity contribution in [2.24, 2.45) is 5.92 Å². The van der Waals surface area contributed by atoms with Crippen LogP contribution in [-0.4, -0.2) is 35.9 Å². The lowest BCUT2D eigenvalue weighted by molar-refractivity contribution is 0.442. The third kappa shape index (κ3) is 5.35. The van der Waals surface area contributed by atoms with E-state index in [4.69, 9.17) is 16.6 Å². The van der Waals surface area contributed by atoms with Crippen LogP contribution in [0, 0.1) is 5.92 Å². The van der Waals surface area contributed by atoms with Crippen LogP contribution in [0.3, 0.4) is 0 Å². The normalized spacial score (nSPS) is 17.5. The maximum atomic E-state index is 6.06. The van der Waals surface area contributed by atoms with E-state index >= 15 is 0 Å². The minimum absolute atomic E-state index is 0.722. The van der Waals surface area contributed by atoms with E-state index in [-0.39, 0.29) is 0 Å². The molecule has 1 unspecified atom stereocenters. The van der Waals surface area contributed by atoms with Gasteiger partial charge < -0.3 is 10.2 Å². The number of piperidine rings is 1. The van der Waals surface area contributed by atoms with Gasteiger partial charge in [-0.3, -0.25) is 0 Å². The molecule has 2 aromatic rings. The van der Waals surface area contributed by atoms with Gasteiger partial charge in [0.1, 0.15) is 5.82 Å². The van der Waals surface area contributed by atoms with Crippen LogP contribution in [0.5, 0.6) is 0 Å². The monoisotopic (exact) mass is 390 g/mol. The molecule has 2 heterocycles. The third-order valence-corrected chi connectivity index (χ3v) is 5.55. The summed E-state index contributed by atoms with van der Waals surface area (Å²) >= 11 is 7.66. The molecular formula is C20H27ClN4S. The summed E-state index contributed by atoms with van der Waals surface area (Å²) < 4.78 is 0. The molecule has 0 radical (unpaired) electrons. The number of nitrogens with zero attached hydrogens (tertiary/aromatic N) is 3. The number of anilines is 1. The zero-order valence-corrected chi connectivity index (χ0v) is 17.1. The van der Waals surface area contributed by atoms with Gasteiger partial charge in [-0.25, -0.2) is 9.97 Å². The molecule has 0 bridgehead atoms. The Balaban J connectivity index is 1.63. The highest BCUT2D eigenvalue weighted by Gasteiger charge is 2.20. The van der Waals surface area contributed by atoms with Crippen LogP contribution in [0.25, 0.3) is 0 Å². The van der Waals surface area contributed by atoms with E-state index in [9.17, 15) is 0 Å². The quantitative estimate of drug-likeness (QED) is 0.430. The number of benzene rings is 1. The first-order valence-electron chi connectivity index (χ1n) is 9.25. The zero-order chi connectivity index (χ0) is 18.4. The Kier molecular flexibility index (Phi) is 7.17. The van der Waals surface area contributed by atoms with Crippen LogP contribution < -0.4 is 10.2 Å². The topological polar surface area (TPSA) is 41.1 Å². The molecule has 6 heteroatoms. The van der Waals surface area contributed by atoms with Crippen LogP contribution in [0.15, 0.2) is 35.6 Å². The Morgan fingerprint density at radius 1 is 1.38 bits per heavy atom. The number of thioether (sulfide) groups is 1. The van der Waals surface area contributed by atoms with Crippen molar-refractivity contribution in [3.63, 3.8) is 0 Å². The number of rotatable bonds is 7. The summed E-state index contributed by atoms with van der Waals surface area (Å²) in [6, 6.07) is 8.06. The van der Waals surface area contributed by atoms with E-state index in [1.54, 1.807) is 11.8 Å². The standard InChI is InChI=1S/C20H27ClN4S/c1-15-5-4-10-25(14-15)19-17(13-23-20(24-19)26-2)12-22-9-8-16-6-3-7-18(21)11-16/h3,6-7,11,13,15,22H,4-5,8-10,12,14H2,1-2H3. The Morgan fingerprint density at radius 3 is 3.04 bits per heavy atom. The molecule has 0 spiro atoms. The van der Waals surface area contributed by atoms with Gasteiger partial charge >= 0.3 is 0 Å². The molecule has 1 aromatic heterocycles. The summed E-state index contributed by atoms with van der Waals surface area (Å²) in [5.74, 6) is 1.83. The largest absolute Gasteiger partial charge is 0.356 e. The fraction of sp³-hybridized carbons (Fsp3) is 0.500. The number of hydrogen-bond acceptors (Lipinski definition) is 5. The fourth-order valence-electron chi connectivity index (χ4n) is 3.41. The Morgan fingerprint density at radius 2 is 2.27 bits per heavy atom. The van der Waals surface area contributed by atoms with Crippen molar-refractivity contribution in [2.75, 3.05) is 30.8 Å². The minimum Gasteiger partial charge on any atom is -0.356 e. The predicted octanol–water partition coefficient (Wildman–Crippen LogP) is 4.42. The number of hydrogen-bond donors (Lipinski definition) is 1. The van der Waals surface area contributed by atoms with Crippen molar-refractivity contribution in [2.45, 2.75) is 37.9 Å². The highest BCUT2D eigenvalue weighted by Crippen LogP contribution is 2.26. The first-order valence-corrected chi connectivity index (χ1v) is 10.9. The Labute approximate surface area is 165 Å². The fourth-order valence-corrected chi connectivity index (χ4v) is 3.96. The van der Waals surface area contributed by atoms with Gasteiger partial charge in [0.25, 0.3) is 0 Å². The summed E-state index contributed by atoms with van der Waals surface area (Å²) in [6.07, 6.45) is 7.52. The van der Waals surface area contributed by atoms with Crippen molar-refractivity contribution in [3.05, 3.63) is 46.6 Å². The van der Waals surface area contributed by atoms with Crippen molar-refractivity contribution >= 4 is 29.2 Å². The summed E-state index contributed by atoms with van der Waals surface area (Å²) in [5.41, 5.74) is 2.44. The number of nitrogens with one attached hydrogen (secondary N) is 1. The van der Waals surface area contributed by atoms with Crippen LogP contribution in [-0.2, 0) is 13.0 Å². The van der Waals surface area contributed by atoms with Gasteiger partial charge in [-0.15, -0.1) is 0 Å². The Hall–Kier alpha value is -1.30. The molecule has 1 fully saturated rings. The molecule has 1 aromatic carbocycles. The Bertz CT molecular complexity index is 725. The van der Waals surface area contributed by atoms with Crippen LogP contribution in [0.4, 0.5) is 5.82 Å².